The number of carbonyl (C=O) groups is 1. The Balaban J connectivity index is 2.20. The Morgan fingerprint density at radius 1 is 1.53 bits per heavy atom. The van der Waals surface area contributed by atoms with E-state index in [9.17, 15) is 4.79 Å². The third-order valence-electron chi connectivity index (χ3n) is 3.18. The summed E-state index contributed by atoms with van der Waals surface area (Å²) in [6, 6.07) is 8.13. The Morgan fingerprint density at radius 2 is 2.29 bits per heavy atom. The fourth-order valence-electron chi connectivity index (χ4n) is 2.26. The van der Waals surface area contributed by atoms with Crippen molar-refractivity contribution in [3.05, 3.63) is 33.4 Å². The summed E-state index contributed by atoms with van der Waals surface area (Å²) >= 11 is 2.23. The van der Waals surface area contributed by atoms with E-state index in [1.807, 2.05) is 36.1 Å². The molecule has 1 saturated heterocycles. The van der Waals surface area contributed by atoms with E-state index >= 15 is 0 Å². The van der Waals surface area contributed by atoms with Crippen molar-refractivity contribution in [2.24, 2.45) is 0 Å². The van der Waals surface area contributed by atoms with Gasteiger partial charge in [-0.25, -0.2) is 0 Å². The SMILES string of the molecule is CCN(C(=O)c1ccccc1I)C1CCNC1. The van der Waals surface area contributed by atoms with Gasteiger partial charge in [-0.15, -0.1) is 0 Å². The van der Waals surface area contributed by atoms with E-state index in [1.54, 1.807) is 0 Å². The molecule has 1 fully saturated rings. The molecule has 1 heterocycles. The molecule has 1 unspecified atom stereocenters. The molecular formula is C13H17IN2O. The van der Waals surface area contributed by atoms with Gasteiger partial charge < -0.3 is 10.2 Å². The average molecular weight is 344 g/mol. The minimum atomic E-state index is 0.159. The lowest BCUT2D eigenvalue weighted by molar-refractivity contribution is 0.0702. The minimum Gasteiger partial charge on any atom is -0.335 e. The zero-order valence-corrected chi connectivity index (χ0v) is 12.1. The molecule has 0 radical (unpaired) electrons. The quantitative estimate of drug-likeness (QED) is 0.852. The van der Waals surface area contributed by atoms with Gasteiger partial charge in [-0.1, -0.05) is 12.1 Å². The molecule has 0 aromatic heterocycles. The van der Waals surface area contributed by atoms with Crippen LogP contribution < -0.4 is 5.32 Å². The topological polar surface area (TPSA) is 32.3 Å². The smallest absolute Gasteiger partial charge is 0.255 e. The van der Waals surface area contributed by atoms with Gasteiger partial charge >= 0.3 is 0 Å². The Hall–Kier alpha value is -0.620. The van der Waals surface area contributed by atoms with Crippen molar-refractivity contribution < 1.29 is 4.79 Å². The molecule has 1 amide bonds. The number of nitrogens with zero attached hydrogens (tertiary/aromatic N) is 1. The first-order valence-corrected chi connectivity index (χ1v) is 7.08. The Kier molecular flexibility index (Phi) is 4.39. The fraction of sp³-hybridized carbons (Fsp3) is 0.462. The van der Waals surface area contributed by atoms with Crippen molar-refractivity contribution >= 4 is 28.5 Å². The number of likely N-dealkylation sites (N-methyl/N-ethyl adjacent to an activating group) is 1. The second-order valence-corrected chi connectivity index (χ2v) is 5.38. The van der Waals surface area contributed by atoms with Crippen molar-refractivity contribution in [3.63, 3.8) is 0 Å². The van der Waals surface area contributed by atoms with Gasteiger partial charge in [-0.05, 0) is 54.6 Å². The molecule has 1 aliphatic heterocycles. The van der Waals surface area contributed by atoms with Crippen molar-refractivity contribution in [1.29, 1.82) is 0 Å². The third-order valence-corrected chi connectivity index (χ3v) is 4.12. The van der Waals surface area contributed by atoms with Crippen LogP contribution in [0.15, 0.2) is 24.3 Å². The van der Waals surface area contributed by atoms with Crippen LogP contribution >= 0.6 is 22.6 Å². The van der Waals surface area contributed by atoms with Crippen LogP contribution in [0.4, 0.5) is 0 Å². The highest BCUT2D eigenvalue weighted by Gasteiger charge is 2.26. The van der Waals surface area contributed by atoms with Gasteiger partial charge in [0.05, 0.1) is 5.56 Å². The molecule has 92 valence electrons. The molecule has 0 bridgehead atoms. The van der Waals surface area contributed by atoms with Gasteiger partial charge in [0.25, 0.3) is 5.91 Å². The van der Waals surface area contributed by atoms with E-state index in [-0.39, 0.29) is 5.91 Å². The number of hydrogen-bond acceptors (Lipinski definition) is 2. The van der Waals surface area contributed by atoms with E-state index in [2.05, 4.69) is 27.9 Å². The van der Waals surface area contributed by atoms with Crippen LogP contribution in [0.5, 0.6) is 0 Å². The highest BCUT2D eigenvalue weighted by atomic mass is 127. The molecule has 4 heteroatoms. The highest BCUT2D eigenvalue weighted by molar-refractivity contribution is 14.1. The molecule has 3 nitrogen and oxygen atoms in total. The zero-order chi connectivity index (χ0) is 12.3. The number of rotatable bonds is 3. The second kappa shape index (κ2) is 5.82. The number of halogens is 1. The normalized spacial score (nSPS) is 19.3. The van der Waals surface area contributed by atoms with E-state index in [4.69, 9.17) is 0 Å². The molecule has 2 rings (SSSR count). The van der Waals surface area contributed by atoms with Gasteiger partial charge in [0.1, 0.15) is 0 Å². The highest BCUT2D eigenvalue weighted by Crippen LogP contribution is 2.17. The molecule has 0 aliphatic carbocycles. The summed E-state index contributed by atoms with van der Waals surface area (Å²) < 4.78 is 1.03. The van der Waals surface area contributed by atoms with Gasteiger partial charge in [-0.3, -0.25) is 4.79 Å². The van der Waals surface area contributed by atoms with Crippen molar-refractivity contribution in [2.75, 3.05) is 19.6 Å². The standard InChI is InChI=1S/C13H17IN2O/c1-2-16(10-7-8-15-9-10)13(17)11-5-3-4-6-12(11)14/h3-6,10,15H,2,7-9H2,1H3. The van der Waals surface area contributed by atoms with Crippen LogP contribution in [0.1, 0.15) is 23.7 Å². The van der Waals surface area contributed by atoms with Gasteiger partial charge in [0, 0.05) is 22.7 Å². The minimum absolute atomic E-state index is 0.159. The molecular weight excluding hydrogens is 327 g/mol. The number of carbonyl (C=O) groups excluding carboxylic acids is 1. The molecule has 1 aromatic carbocycles. The summed E-state index contributed by atoms with van der Waals surface area (Å²) in [6.07, 6.45) is 1.06. The number of benzene rings is 1. The summed E-state index contributed by atoms with van der Waals surface area (Å²) in [5.41, 5.74) is 0.821. The largest absolute Gasteiger partial charge is 0.335 e. The Labute approximate surface area is 116 Å². The summed E-state index contributed by atoms with van der Waals surface area (Å²) in [6.45, 7) is 4.76. The molecule has 1 aromatic rings. The predicted octanol–water partition coefficient (Wildman–Crippen LogP) is 2.12. The molecule has 1 N–H and O–H groups in total. The molecule has 0 saturated carbocycles. The zero-order valence-electron chi connectivity index (χ0n) is 9.95. The molecule has 1 aliphatic rings. The van der Waals surface area contributed by atoms with Crippen LogP contribution in [0.3, 0.4) is 0 Å². The fourth-order valence-corrected chi connectivity index (χ4v) is 2.88. The second-order valence-electron chi connectivity index (χ2n) is 4.22. The van der Waals surface area contributed by atoms with Crippen LogP contribution in [0.25, 0.3) is 0 Å². The van der Waals surface area contributed by atoms with E-state index in [0.717, 1.165) is 35.2 Å². The summed E-state index contributed by atoms with van der Waals surface area (Å²) in [7, 11) is 0. The summed E-state index contributed by atoms with van der Waals surface area (Å²) in [4.78, 5) is 14.5. The summed E-state index contributed by atoms with van der Waals surface area (Å²) in [5, 5.41) is 3.31. The third kappa shape index (κ3) is 2.80. The van der Waals surface area contributed by atoms with Gasteiger partial charge in [0.15, 0.2) is 0 Å². The molecule has 1 atom stereocenters. The van der Waals surface area contributed by atoms with Gasteiger partial charge in [-0.2, -0.15) is 0 Å². The lowest BCUT2D eigenvalue weighted by Gasteiger charge is -2.27. The van der Waals surface area contributed by atoms with Crippen LogP contribution in [-0.2, 0) is 0 Å². The maximum absolute atomic E-state index is 12.5. The number of amides is 1. The predicted molar refractivity (Wildman–Crippen MR) is 77.1 cm³/mol. The molecule has 17 heavy (non-hydrogen) atoms. The monoisotopic (exact) mass is 344 g/mol. The number of hydrogen-bond donors (Lipinski definition) is 1. The Bertz CT molecular complexity index is 402. The first kappa shape index (κ1) is 12.8. The van der Waals surface area contributed by atoms with Crippen molar-refractivity contribution in [1.82, 2.24) is 10.2 Å². The first-order valence-electron chi connectivity index (χ1n) is 6.00. The van der Waals surface area contributed by atoms with Crippen LogP contribution in [0, 0.1) is 3.57 Å². The summed E-state index contributed by atoms with van der Waals surface area (Å²) in [5.74, 6) is 0.159. The van der Waals surface area contributed by atoms with E-state index < -0.39 is 0 Å². The molecule has 0 spiro atoms. The maximum Gasteiger partial charge on any atom is 0.255 e. The number of nitrogens with one attached hydrogen (secondary N) is 1. The first-order chi connectivity index (χ1) is 8.24. The van der Waals surface area contributed by atoms with E-state index in [0.29, 0.717) is 6.04 Å². The lowest BCUT2D eigenvalue weighted by Crippen LogP contribution is -2.41. The van der Waals surface area contributed by atoms with Crippen molar-refractivity contribution in [3.8, 4) is 0 Å². The van der Waals surface area contributed by atoms with E-state index in [1.165, 1.54) is 0 Å². The van der Waals surface area contributed by atoms with Crippen LogP contribution in [0.2, 0.25) is 0 Å². The average Bonchev–Trinajstić information content (AvgIpc) is 2.84. The lowest BCUT2D eigenvalue weighted by atomic mass is 10.1. The Morgan fingerprint density at radius 3 is 2.88 bits per heavy atom. The maximum atomic E-state index is 12.5. The van der Waals surface area contributed by atoms with Gasteiger partial charge in [0.2, 0.25) is 0 Å². The van der Waals surface area contributed by atoms with Crippen molar-refractivity contribution in [2.45, 2.75) is 19.4 Å². The van der Waals surface area contributed by atoms with Crippen LogP contribution in [-0.4, -0.2) is 36.5 Å².